The number of rotatable bonds is 7. The second kappa shape index (κ2) is 7.25. The SMILES string of the molecule is CCCNC(C)CCc1ccc2cccc(OC)c2n1. The van der Waals surface area contributed by atoms with Crippen molar-refractivity contribution in [1.29, 1.82) is 0 Å². The van der Waals surface area contributed by atoms with E-state index in [0.29, 0.717) is 6.04 Å². The van der Waals surface area contributed by atoms with E-state index in [1.807, 2.05) is 12.1 Å². The van der Waals surface area contributed by atoms with Gasteiger partial charge in [0.25, 0.3) is 0 Å². The number of hydrogen-bond donors (Lipinski definition) is 1. The number of methoxy groups -OCH3 is 1. The first-order valence-electron chi connectivity index (χ1n) is 7.40. The first-order valence-corrected chi connectivity index (χ1v) is 7.40. The van der Waals surface area contributed by atoms with Crippen LogP contribution in [0.25, 0.3) is 10.9 Å². The van der Waals surface area contributed by atoms with Crippen LogP contribution in [-0.4, -0.2) is 24.7 Å². The fraction of sp³-hybridized carbons (Fsp3) is 0.471. The van der Waals surface area contributed by atoms with Gasteiger partial charge in [0.1, 0.15) is 11.3 Å². The van der Waals surface area contributed by atoms with E-state index in [9.17, 15) is 0 Å². The first kappa shape index (κ1) is 14.8. The van der Waals surface area contributed by atoms with Crippen LogP contribution >= 0.6 is 0 Å². The van der Waals surface area contributed by atoms with E-state index in [1.165, 1.54) is 6.42 Å². The van der Waals surface area contributed by atoms with Crippen LogP contribution in [0.1, 0.15) is 32.4 Å². The Morgan fingerprint density at radius 2 is 2.10 bits per heavy atom. The van der Waals surface area contributed by atoms with E-state index in [0.717, 1.165) is 41.7 Å². The third kappa shape index (κ3) is 3.70. The van der Waals surface area contributed by atoms with Gasteiger partial charge >= 0.3 is 0 Å². The van der Waals surface area contributed by atoms with E-state index >= 15 is 0 Å². The van der Waals surface area contributed by atoms with Crippen molar-refractivity contribution in [2.45, 2.75) is 39.2 Å². The topological polar surface area (TPSA) is 34.1 Å². The minimum atomic E-state index is 0.533. The molecule has 0 amide bonds. The van der Waals surface area contributed by atoms with Crippen molar-refractivity contribution < 1.29 is 4.74 Å². The molecular weight excluding hydrogens is 248 g/mol. The Balaban J connectivity index is 2.07. The molecule has 3 heteroatoms. The molecule has 0 aliphatic rings. The lowest BCUT2D eigenvalue weighted by Gasteiger charge is -2.13. The molecule has 1 aromatic heterocycles. The number of benzene rings is 1. The summed E-state index contributed by atoms with van der Waals surface area (Å²) in [6, 6.07) is 10.8. The molecule has 0 saturated carbocycles. The zero-order chi connectivity index (χ0) is 14.4. The quantitative estimate of drug-likeness (QED) is 0.836. The van der Waals surface area contributed by atoms with Crippen LogP contribution in [0.3, 0.4) is 0 Å². The summed E-state index contributed by atoms with van der Waals surface area (Å²) < 4.78 is 5.39. The van der Waals surface area contributed by atoms with Gasteiger partial charge < -0.3 is 10.1 Å². The molecule has 108 valence electrons. The molecule has 0 aliphatic heterocycles. The molecule has 2 rings (SSSR count). The summed E-state index contributed by atoms with van der Waals surface area (Å²) in [6.07, 6.45) is 3.27. The Morgan fingerprint density at radius 1 is 1.25 bits per heavy atom. The number of aromatic nitrogens is 1. The summed E-state index contributed by atoms with van der Waals surface area (Å²) in [5.41, 5.74) is 2.09. The van der Waals surface area contributed by atoms with Gasteiger partial charge in [-0.15, -0.1) is 0 Å². The number of fused-ring (bicyclic) bond motifs is 1. The average molecular weight is 272 g/mol. The van der Waals surface area contributed by atoms with Gasteiger partial charge in [-0.05, 0) is 44.9 Å². The highest BCUT2D eigenvalue weighted by Gasteiger charge is 2.06. The summed E-state index contributed by atoms with van der Waals surface area (Å²) in [5, 5.41) is 4.64. The molecule has 0 fully saturated rings. The Kier molecular flexibility index (Phi) is 5.36. The number of nitrogens with zero attached hydrogens (tertiary/aromatic N) is 1. The maximum atomic E-state index is 5.39. The first-order chi connectivity index (χ1) is 9.74. The van der Waals surface area contributed by atoms with Crippen LogP contribution < -0.4 is 10.1 Å². The van der Waals surface area contributed by atoms with Crippen molar-refractivity contribution in [3.05, 3.63) is 36.0 Å². The van der Waals surface area contributed by atoms with E-state index < -0.39 is 0 Å². The minimum absolute atomic E-state index is 0.533. The number of pyridine rings is 1. The normalized spacial score (nSPS) is 12.6. The van der Waals surface area contributed by atoms with Crippen molar-refractivity contribution >= 4 is 10.9 Å². The van der Waals surface area contributed by atoms with Crippen molar-refractivity contribution in [3.63, 3.8) is 0 Å². The number of aryl methyl sites for hydroxylation is 1. The summed E-state index contributed by atoms with van der Waals surface area (Å²) in [6.45, 7) is 5.51. The lowest BCUT2D eigenvalue weighted by molar-refractivity contribution is 0.418. The van der Waals surface area contributed by atoms with Crippen LogP contribution in [-0.2, 0) is 6.42 Å². The van der Waals surface area contributed by atoms with Gasteiger partial charge in [0, 0.05) is 17.1 Å². The molecule has 0 spiro atoms. The molecule has 1 N–H and O–H groups in total. The molecule has 1 atom stereocenters. The molecular formula is C17H24N2O. The minimum Gasteiger partial charge on any atom is -0.494 e. The molecule has 0 radical (unpaired) electrons. The Hall–Kier alpha value is -1.61. The predicted molar refractivity (Wildman–Crippen MR) is 84.4 cm³/mol. The summed E-state index contributed by atoms with van der Waals surface area (Å²) in [7, 11) is 1.69. The van der Waals surface area contributed by atoms with Gasteiger partial charge in [0.2, 0.25) is 0 Å². The van der Waals surface area contributed by atoms with Gasteiger partial charge in [-0.2, -0.15) is 0 Å². The van der Waals surface area contributed by atoms with Crippen LogP contribution in [0, 0.1) is 0 Å². The monoisotopic (exact) mass is 272 g/mol. The summed E-state index contributed by atoms with van der Waals surface area (Å²) in [4.78, 5) is 4.75. The molecule has 2 aromatic rings. The Bertz CT molecular complexity index is 554. The van der Waals surface area contributed by atoms with Gasteiger partial charge in [0.05, 0.1) is 7.11 Å². The van der Waals surface area contributed by atoms with Crippen LogP contribution in [0.5, 0.6) is 5.75 Å². The van der Waals surface area contributed by atoms with Crippen molar-refractivity contribution in [2.24, 2.45) is 0 Å². The third-order valence-electron chi connectivity index (χ3n) is 3.54. The highest BCUT2D eigenvalue weighted by Crippen LogP contribution is 2.23. The highest BCUT2D eigenvalue weighted by atomic mass is 16.5. The van der Waals surface area contributed by atoms with Gasteiger partial charge in [0.15, 0.2) is 0 Å². The average Bonchev–Trinajstić information content (AvgIpc) is 2.50. The Labute approximate surface area is 121 Å². The molecule has 3 nitrogen and oxygen atoms in total. The molecule has 0 aliphatic carbocycles. The maximum absolute atomic E-state index is 5.39. The molecule has 20 heavy (non-hydrogen) atoms. The summed E-state index contributed by atoms with van der Waals surface area (Å²) in [5.74, 6) is 0.849. The maximum Gasteiger partial charge on any atom is 0.145 e. The van der Waals surface area contributed by atoms with E-state index in [4.69, 9.17) is 9.72 Å². The van der Waals surface area contributed by atoms with Crippen molar-refractivity contribution in [2.75, 3.05) is 13.7 Å². The van der Waals surface area contributed by atoms with Crippen LogP contribution in [0.4, 0.5) is 0 Å². The van der Waals surface area contributed by atoms with Gasteiger partial charge in [-0.3, -0.25) is 0 Å². The van der Waals surface area contributed by atoms with Gasteiger partial charge in [-0.1, -0.05) is 25.1 Å². The van der Waals surface area contributed by atoms with Crippen LogP contribution in [0.2, 0.25) is 0 Å². The molecule has 0 bridgehead atoms. The van der Waals surface area contributed by atoms with Crippen LogP contribution in [0.15, 0.2) is 30.3 Å². The molecule has 0 saturated heterocycles. The van der Waals surface area contributed by atoms with Crippen molar-refractivity contribution in [3.8, 4) is 5.75 Å². The van der Waals surface area contributed by atoms with Crippen molar-refractivity contribution in [1.82, 2.24) is 10.3 Å². The molecule has 1 aromatic carbocycles. The summed E-state index contributed by atoms with van der Waals surface area (Å²) >= 11 is 0. The fourth-order valence-electron chi connectivity index (χ4n) is 2.32. The molecule has 1 unspecified atom stereocenters. The lowest BCUT2D eigenvalue weighted by Crippen LogP contribution is -2.27. The number of hydrogen-bond acceptors (Lipinski definition) is 3. The highest BCUT2D eigenvalue weighted by molar-refractivity contribution is 5.84. The Morgan fingerprint density at radius 3 is 2.85 bits per heavy atom. The number of ether oxygens (including phenoxy) is 1. The van der Waals surface area contributed by atoms with E-state index in [1.54, 1.807) is 7.11 Å². The molecule has 1 heterocycles. The largest absolute Gasteiger partial charge is 0.494 e. The zero-order valence-electron chi connectivity index (χ0n) is 12.6. The second-order valence-electron chi connectivity index (χ2n) is 5.23. The zero-order valence-corrected chi connectivity index (χ0v) is 12.6. The predicted octanol–water partition coefficient (Wildman–Crippen LogP) is 3.56. The van der Waals surface area contributed by atoms with E-state index in [2.05, 4.69) is 37.4 Å². The number of nitrogens with one attached hydrogen (secondary N) is 1. The standard InChI is InChI=1S/C17H24N2O/c1-4-12-18-13(2)8-10-15-11-9-14-6-5-7-16(20-3)17(14)19-15/h5-7,9,11,13,18H,4,8,10,12H2,1-3H3. The second-order valence-corrected chi connectivity index (χ2v) is 5.23. The third-order valence-corrected chi connectivity index (χ3v) is 3.54. The smallest absolute Gasteiger partial charge is 0.145 e. The lowest BCUT2D eigenvalue weighted by atomic mass is 10.1. The number of para-hydroxylation sites is 1. The van der Waals surface area contributed by atoms with E-state index in [-0.39, 0.29) is 0 Å². The fourth-order valence-corrected chi connectivity index (χ4v) is 2.32. The van der Waals surface area contributed by atoms with Gasteiger partial charge in [-0.25, -0.2) is 4.98 Å².